The lowest BCUT2D eigenvalue weighted by atomic mass is 10.0. The second-order valence-electron chi connectivity index (χ2n) is 5.52. The van der Waals surface area contributed by atoms with E-state index in [1.807, 2.05) is 31.2 Å². The number of rotatable bonds is 4. The molecule has 24 heavy (non-hydrogen) atoms. The molecule has 0 aromatic heterocycles. The first-order valence-corrected chi connectivity index (χ1v) is 8.23. The molecule has 0 aliphatic carbocycles. The van der Waals surface area contributed by atoms with Crippen LogP contribution in [0.25, 0.3) is 11.1 Å². The number of alkyl halides is 2. The second-order valence-corrected chi connectivity index (χ2v) is 6.43. The highest BCUT2D eigenvalue weighted by molar-refractivity contribution is 9.10. The molecule has 3 rings (SSSR count). The summed E-state index contributed by atoms with van der Waals surface area (Å²) < 4.78 is 34.2. The summed E-state index contributed by atoms with van der Waals surface area (Å²) in [5, 5.41) is 0. The van der Waals surface area contributed by atoms with Gasteiger partial charge in [0, 0.05) is 4.47 Å². The molecule has 3 aromatic rings. The van der Waals surface area contributed by atoms with E-state index in [1.165, 1.54) is 24.3 Å². The van der Waals surface area contributed by atoms with Gasteiger partial charge in [-0.15, -0.1) is 0 Å². The first-order chi connectivity index (χ1) is 11.4. The van der Waals surface area contributed by atoms with Gasteiger partial charge < -0.3 is 4.74 Å². The third-order valence-corrected chi connectivity index (χ3v) is 4.19. The van der Waals surface area contributed by atoms with Crippen LogP contribution < -0.4 is 4.74 Å². The summed E-state index contributed by atoms with van der Waals surface area (Å²) in [6, 6.07) is 20.4. The lowest BCUT2D eigenvalue weighted by Gasteiger charge is -2.18. The van der Waals surface area contributed by atoms with Crippen LogP contribution >= 0.6 is 15.9 Å². The minimum atomic E-state index is -3.39. The molecule has 0 N–H and O–H groups in total. The highest BCUT2D eigenvalue weighted by atomic mass is 79.9. The molecule has 0 bridgehead atoms. The van der Waals surface area contributed by atoms with Crippen molar-refractivity contribution in [3.8, 4) is 16.9 Å². The molecule has 0 aliphatic rings. The molecule has 4 heteroatoms. The smallest absolute Gasteiger partial charge is 0.426 e. The summed E-state index contributed by atoms with van der Waals surface area (Å²) in [7, 11) is 0. The molecule has 0 saturated carbocycles. The third kappa shape index (κ3) is 3.82. The standard InChI is InChI=1S/C20H15BrF2O/c1-14-2-4-15(5-3-14)16-6-8-17(9-7-16)20(22,23)24-19-12-10-18(21)11-13-19/h2-13H,1H3. The first kappa shape index (κ1) is 16.7. The molecule has 0 aliphatic heterocycles. The number of aryl methyl sites for hydroxylation is 1. The van der Waals surface area contributed by atoms with Gasteiger partial charge in [0.15, 0.2) is 0 Å². The van der Waals surface area contributed by atoms with Crippen molar-refractivity contribution < 1.29 is 13.5 Å². The average molecular weight is 389 g/mol. The highest BCUT2D eigenvalue weighted by Crippen LogP contribution is 2.33. The van der Waals surface area contributed by atoms with Gasteiger partial charge in [0.05, 0.1) is 5.56 Å². The zero-order chi connectivity index (χ0) is 17.2. The number of ether oxygens (including phenoxy) is 1. The predicted octanol–water partition coefficient (Wildman–Crippen LogP) is 6.55. The molecule has 0 radical (unpaired) electrons. The van der Waals surface area contributed by atoms with Crippen LogP contribution in [0.15, 0.2) is 77.3 Å². The molecule has 0 unspecified atom stereocenters. The van der Waals surface area contributed by atoms with Crippen LogP contribution in [0.2, 0.25) is 0 Å². The van der Waals surface area contributed by atoms with Crippen molar-refractivity contribution in [3.05, 3.63) is 88.4 Å². The van der Waals surface area contributed by atoms with Crippen LogP contribution in [-0.2, 0) is 6.11 Å². The normalized spacial score (nSPS) is 11.3. The van der Waals surface area contributed by atoms with E-state index in [1.54, 1.807) is 24.3 Å². The summed E-state index contributed by atoms with van der Waals surface area (Å²) in [6.07, 6.45) is -3.39. The number of benzene rings is 3. The van der Waals surface area contributed by atoms with Crippen molar-refractivity contribution in [2.24, 2.45) is 0 Å². The maximum Gasteiger partial charge on any atom is 0.426 e. The Bertz CT molecular complexity index is 810. The van der Waals surface area contributed by atoms with Gasteiger partial charge in [0.25, 0.3) is 0 Å². The summed E-state index contributed by atoms with van der Waals surface area (Å²) in [5.74, 6) is 0.116. The lowest BCUT2D eigenvalue weighted by Crippen LogP contribution is -2.21. The Kier molecular flexibility index (Phi) is 4.67. The summed E-state index contributed by atoms with van der Waals surface area (Å²) in [5.41, 5.74) is 2.86. The SMILES string of the molecule is Cc1ccc(-c2ccc(C(F)(F)Oc3ccc(Br)cc3)cc2)cc1. The average Bonchev–Trinajstić information content (AvgIpc) is 2.58. The van der Waals surface area contributed by atoms with Gasteiger partial charge in [0.2, 0.25) is 0 Å². The maximum atomic E-state index is 14.3. The third-order valence-electron chi connectivity index (χ3n) is 3.67. The van der Waals surface area contributed by atoms with Gasteiger partial charge in [0.1, 0.15) is 5.75 Å². The minimum absolute atomic E-state index is 0.116. The maximum absolute atomic E-state index is 14.3. The molecule has 0 heterocycles. The van der Waals surface area contributed by atoms with Crippen molar-refractivity contribution in [3.63, 3.8) is 0 Å². The van der Waals surface area contributed by atoms with Crippen LogP contribution in [0.3, 0.4) is 0 Å². The summed E-state index contributed by atoms with van der Waals surface area (Å²) in [6.45, 7) is 2.01. The van der Waals surface area contributed by atoms with Gasteiger partial charge >= 0.3 is 6.11 Å². The molecule has 0 saturated heterocycles. The molecule has 0 fully saturated rings. The second kappa shape index (κ2) is 6.73. The minimum Gasteiger partial charge on any atom is -0.429 e. The van der Waals surface area contributed by atoms with Crippen molar-refractivity contribution in [2.75, 3.05) is 0 Å². The van der Waals surface area contributed by atoms with Crippen LogP contribution in [0.1, 0.15) is 11.1 Å². The Labute approximate surface area is 148 Å². The lowest BCUT2D eigenvalue weighted by molar-refractivity contribution is -0.185. The van der Waals surface area contributed by atoms with Gasteiger partial charge in [-0.25, -0.2) is 0 Å². The fourth-order valence-electron chi connectivity index (χ4n) is 2.31. The number of hydrogen-bond acceptors (Lipinski definition) is 1. The van der Waals surface area contributed by atoms with Crippen molar-refractivity contribution in [1.82, 2.24) is 0 Å². The van der Waals surface area contributed by atoms with E-state index >= 15 is 0 Å². The quantitative estimate of drug-likeness (QED) is 0.492. The van der Waals surface area contributed by atoms with Gasteiger partial charge in [-0.05, 0) is 54.4 Å². The van der Waals surface area contributed by atoms with Crippen molar-refractivity contribution >= 4 is 15.9 Å². The van der Waals surface area contributed by atoms with E-state index in [2.05, 4.69) is 15.9 Å². The zero-order valence-corrected chi connectivity index (χ0v) is 14.6. The fraction of sp³-hybridized carbons (Fsp3) is 0.100. The molecular weight excluding hydrogens is 374 g/mol. The molecule has 0 spiro atoms. The Morgan fingerprint density at radius 3 is 1.79 bits per heavy atom. The Hall–Kier alpha value is -2.20. The van der Waals surface area contributed by atoms with E-state index in [0.29, 0.717) is 0 Å². The van der Waals surface area contributed by atoms with Gasteiger partial charge in [-0.2, -0.15) is 8.78 Å². The summed E-state index contributed by atoms with van der Waals surface area (Å²) in [4.78, 5) is 0. The molecule has 122 valence electrons. The Morgan fingerprint density at radius 1 is 0.750 bits per heavy atom. The molecule has 1 nitrogen and oxygen atoms in total. The Morgan fingerprint density at radius 2 is 1.25 bits per heavy atom. The van der Waals surface area contributed by atoms with Gasteiger partial charge in [-0.3, -0.25) is 0 Å². The summed E-state index contributed by atoms with van der Waals surface area (Å²) >= 11 is 3.26. The van der Waals surface area contributed by atoms with E-state index in [4.69, 9.17) is 4.74 Å². The number of hydrogen-bond donors (Lipinski definition) is 0. The van der Waals surface area contributed by atoms with Crippen molar-refractivity contribution in [1.29, 1.82) is 0 Å². The van der Waals surface area contributed by atoms with Gasteiger partial charge in [-0.1, -0.05) is 57.9 Å². The topological polar surface area (TPSA) is 9.23 Å². The Balaban J connectivity index is 1.80. The predicted molar refractivity (Wildman–Crippen MR) is 95.3 cm³/mol. The molecule has 0 amide bonds. The van der Waals surface area contributed by atoms with E-state index in [9.17, 15) is 8.78 Å². The van der Waals surface area contributed by atoms with E-state index in [-0.39, 0.29) is 11.3 Å². The van der Waals surface area contributed by atoms with E-state index in [0.717, 1.165) is 21.2 Å². The first-order valence-electron chi connectivity index (χ1n) is 7.44. The fourth-order valence-corrected chi connectivity index (χ4v) is 2.58. The van der Waals surface area contributed by atoms with Crippen LogP contribution in [0.5, 0.6) is 5.75 Å². The van der Waals surface area contributed by atoms with Crippen LogP contribution in [0.4, 0.5) is 8.78 Å². The number of halogens is 3. The van der Waals surface area contributed by atoms with Crippen molar-refractivity contribution in [2.45, 2.75) is 13.0 Å². The monoisotopic (exact) mass is 388 g/mol. The molecule has 3 aromatic carbocycles. The molecule has 0 atom stereocenters. The van der Waals surface area contributed by atoms with E-state index < -0.39 is 6.11 Å². The van der Waals surface area contributed by atoms with Crippen LogP contribution in [-0.4, -0.2) is 0 Å². The highest BCUT2D eigenvalue weighted by Gasteiger charge is 2.34. The van der Waals surface area contributed by atoms with Crippen LogP contribution in [0, 0.1) is 6.92 Å². The zero-order valence-electron chi connectivity index (χ0n) is 13.0. The molecular formula is C20H15BrF2O. The largest absolute Gasteiger partial charge is 0.429 e.